The van der Waals surface area contributed by atoms with Gasteiger partial charge in [-0.3, -0.25) is 4.99 Å². The Balaban J connectivity index is 0.00000400. The Morgan fingerprint density at radius 1 is 1.33 bits per heavy atom. The molecule has 21 heavy (non-hydrogen) atoms. The number of ether oxygens (including phenoxy) is 1. The molecule has 6 heteroatoms. The Hall–Kier alpha value is -0.340. The Morgan fingerprint density at radius 3 is 2.81 bits per heavy atom. The summed E-state index contributed by atoms with van der Waals surface area (Å²) in [6.45, 7) is 5.20. The van der Waals surface area contributed by atoms with E-state index < -0.39 is 0 Å². The van der Waals surface area contributed by atoms with Crippen molar-refractivity contribution in [2.45, 2.75) is 19.8 Å². The Morgan fingerprint density at radius 2 is 2.14 bits per heavy atom. The van der Waals surface area contributed by atoms with Crippen molar-refractivity contribution in [2.75, 3.05) is 33.4 Å². The molecule has 1 aromatic carbocycles. The third-order valence-corrected chi connectivity index (χ3v) is 3.22. The van der Waals surface area contributed by atoms with E-state index in [4.69, 9.17) is 4.74 Å². The smallest absolute Gasteiger partial charge is 0.191 e. The van der Waals surface area contributed by atoms with E-state index in [1.54, 1.807) is 7.11 Å². The number of methoxy groups -OCH3 is 1. The molecule has 4 nitrogen and oxygen atoms in total. The zero-order valence-electron chi connectivity index (χ0n) is 12.7. The second kappa shape index (κ2) is 13.3. The topological polar surface area (TPSA) is 45.7 Å². The number of aryl methyl sites for hydroxylation is 1. The lowest BCUT2D eigenvalue weighted by molar-refractivity contribution is 0.203. The normalized spacial score (nSPS) is 10.9. The molecule has 0 aliphatic rings. The maximum Gasteiger partial charge on any atom is 0.191 e. The zero-order valence-corrected chi connectivity index (χ0v) is 16.6. The van der Waals surface area contributed by atoms with Crippen LogP contribution in [0.25, 0.3) is 0 Å². The van der Waals surface area contributed by atoms with Crippen molar-refractivity contribution in [3.63, 3.8) is 0 Å². The van der Waals surface area contributed by atoms with Gasteiger partial charge < -0.3 is 15.4 Å². The third kappa shape index (κ3) is 10.1. The minimum Gasteiger partial charge on any atom is -0.383 e. The molecule has 0 aromatic heterocycles. The summed E-state index contributed by atoms with van der Waals surface area (Å²) in [6.07, 6.45) is 2.08. The summed E-state index contributed by atoms with van der Waals surface area (Å²) >= 11 is 3.49. The first-order chi connectivity index (χ1) is 9.76. The van der Waals surface area contributed by atoms with E-state index in [0.717, 1.165) is 42.9 Å². The van der Waals surface area contributed by atoms with Crippen LogP contribution in [-0.4, -0.2) is 39.3 Å². The van der Waals surface area contributed by atoms with Crippen molar-refractivity contribution in [3.8, 4) is 0 Å². The van der Waals surface area contributed by atoms with E-state index in [9.17, 15) is 0 Å². The van der Waals surface area contributed by atoms with Gasteiger partial charge in [-0.2, -0.15) is 0 Å². The molecular weight excluding hydrogens is 445 g/mol. The molecule has 0 saturated carbocycles. The number of halogens is 2. The highest BCUT2D eigenvalue weighted by atomic mass is 127. The van der Waals surface area contributed by atoms with Gasteiger partial charge in [-0.15, -0.1) is 24.0 Å². The van der Waals surface area contributed by atoms with Crippen LogP contribution in [0.5, 0.6) is 0 Å². The van der Waals surface area contributed by atoms with Crippen LogP contribution in [0.1, 0.15) is 18.9 Å². The molecule has 0 aliphatic carbocycles. The highest BCUT2D eigenvalue weighted by Gasteiger charge is 1.97. The van der Waals surface area contributed by atoms with Gasteiger partial charge in [0.1, 0.15) is 0 Å². The average molecular weight is 470 g/mol. The molecule has 0 aliphatic heterocycles. The fourth-order valence-electron chi connectivity index (χ4n) is 1.78. The van der Waals surface area contributed by atoms with Crippen LogP contribution in [0, 0.1) is 0 Å². The maximum atomic E-state index is 5.02. The van der Waals surface area contributed by atoms with Crippen molar-refractivity contribution in [2.24, 2.45) is 4.99 Å². The quantitative estimate of drug-likeness (QED) is 0.266. The van der Waals surface area contributed by atoms with Crippen LogP contribution < -0.4 is 10.6 Å². The van der Waals surface area contributed by atoms with Crippen molar-refractivity contribution < 1.29 is 4.74 Å². The lowest BCUT2D eigenvalue weighted by Crippen LogP contribution is -2.39. The molecular formula is C15H25BrIN3O. The molecule has 0 atom stereocenters. The van der Waals surface area contributed by atoms with Gasteiger partial charge in [0.25, 0.3) is 0 Å². The molecule has 0 spiro atoms. The summed E-state index contributed by atoms with van der Waals surface area (Å²) in [5.41, 5.74) is 1.34. The average Bonchev–Trinajstić information content (AvgIpc) is 2.44. The van der Waals surface area contributed by atoms with Gasteiger partial charge in [0, 0.05) is 31.2 Å². The first kappa shape index (κ1) is 20.7. The number of hydrogen-bond acceptors (Lipinski definition) is 2. The fraction of sp³-hybridized carbons (Fsp3) is 0.533. The van der Waals surface area contributed by atoms with E-state index in [0.29, 0.717) is 6.61 Å². The Bertz CT molecular complexity index is 416. The molecule has 0 saturated heterocycles. The van der Waals surface area contributed by atoms with Gasteiger partial charge in [-0.25, -0.2) is 0 Å². The molecule has 1 rings (SSSR count). The minimum atomic E-state index is 0. The first-order valence-electron chi connectivity index (χ1n) is 7.01. The molecule has 0 amide bonds. The van der Waals surface area contributed by atoms with Crippen LogP contribution >= 0.6 is 39.9 Å². The molecule has 0 unspecified atom stereocenters. The van der Waals surface area contributed by atoms with Crippen molar-refractivity contribution in [1.29, 1.82) is 0 Å². The van der Waals surface area contributed by atoms with E-state index in [1.807, 2.05) is 6.07 Å². The van der Waals surface area contributed by atoms with Gasteiger partial charge in [-0.05, 0) is 37.5 Å². The minimum absolute atomic E-state index is 0. The molecule has 2 N–H and O–H groups in total. The summed E-state index contributed by atoms with van der Waals surface area (Å²) in [5.74, 6) is 0.860. The van der Waals surface area contributed by atoms with E-state index in [1.165, 1.54) is 5.56 Å². The summed E-state index contributed by atoms with van der Waals surface area (Å²) in [6, 6.07) is 8.42. The van der Waals surface area contributed by atoms with Gasteiger partial charge >= 0.3 is 0 Å². The number of nitrogens with one attached hydrogen (secondary N) is 2. The number of rotatable bonds is 8. The summed E-state index contributed by atoms with van der Waals surface area (Å²) < 4.78 is 6.15. The largest absolute Gasteiger partial charge is 0.383 e. The van der Waals surface area contributed by atoms with E-state index >= 15 is 0 Å². The van der Waals surface area contributed by atoms with Crippen molar-refractivity contribution in [1.82, 2.24) is 10.6 Å². The molecule has 0 heterocycles. The second-order valence-electron chi connectivity index (χ2n) is 4.41. The highest BCUT2D eigenvalue weighted by molar-refractivity contribution is 14.0. The Labute approximate surface area is 153 Å². The number of hydrogen-bond donors (Lipinski definition) is 2. The van der Waals surface area contributed by atoms with Gasteiger partial charge in [0.15, 0.2) is 5.96 Å². The summed E-state index contributed by atoms with van der Waals surface area (Å²) in [4.78, 5) is 4.55. The second-order valence-corrected chi connectivity index (χ2v) is 5.33. The molecule has 0 fully saturated rings. The standard InChI is InChI=1S/C15H24BrN3O.HI/c1-3-17-15(19-10-11-20-2)18-9-5-7-13-6-4-8-14(16)12-13;/h4,6,8,12H,3,5,7,9-11H2,1-2H3,(H2,17,18,19);1H. The summed E-state index contributed by atoms with van der Waals surface area (Å²) in [5, 5.41) is 6.46. The molecule has 1 aromatic rings. The highest BCUT2D eigenvalue weighted by Crippen LogP contribution is 2.12. The zero-order chi connectivity index (χ0) is 14.6. The lowest BCUT2D eigenvalue weighted by Gasteiger charge is -2.10. The Kier molecular flexibility index (Phi) is 13.1. The molecule has 120 valence electrons. The van der Waals surface area contributed by atoms with E-state index in [-0.39, 0.29) is 24.0 Å². The predicted molar refractivity (Wildman–Crippen MR) is 104 cm³/mol. The van der Waals surface area contributed by atoms with E-state index in [2.05, 4.69) is 56.7 Å². The fourth-order valence-corrected chi connectivity index (χ4v) is 2.23. The number of nitrogens with zero attached hydrogens (tertiary/aromatic N) is 1. The molecule has 0 radical (unpaired) electrons. The third-order valence-electron chi connectivity index (χ3n) is 2.73. The first-order valence-corrected chi connectivity index (χ1v) is 7.81. The monoisotopic (exact) mass is 469 g/mol. The number of aliphatic imine (C=N–C) groups is 1. The maximum absolute atomic E-state index is 5.02. The van der Waals surface area contributed by atoms with Crippen molar-refractivity contribution >= 4 is 45.9 Å². The van der Waals surface area contributed by atoms with Gasteiger partial charge in [0.05, 0.1) is 6.61 Å². The summed E-state index contributed by atoms with van der Waals surface area (Å²) in [7, 11) is 1.70. The van der Waals surface area contributed by atoms with Crippen LogP contribution in [0.2, 0.25) is 0 Å². The van der Waals surface area contributed by atoms with Gasteiger partial charge in [-0.1, -0.05) is 28.1 Å². The van der Waals surface area contributed by atoms with Crippen LogP contribution in [0.4, 0.5) is 0 Å². The number of benzene rings is 1. The van der Waals surface area contributed by atoms with Crippen LogP contribution in [-0.2, 0) is 11.2 Å². The molecule has 0 bridgehead atoms. The SMILES string of the molecule is CCNC(=NCCCc1cccc(Br)c1)NCCOC.I. The van der Waals surface area contributed by atoms with Gasteiger partial charge in [0.2, 0.25) is 0 Å². The van der Waals surface area contributed by atoms with Crippen molar-refractivity contribution in [3.05, 3.63) is 34.3 Å². The lowest BCUT2D eigenvalue weighted by atomic mass is 10.1. The predicted octanol–water partition coefficient (Wildman–Crippen LogP) is 3.20. The van der Waals surface area contributed by atoms with Crippen LogP contribution in [0.15, 0.2) is 33.7 Å². The number of guanidine groups is 1. The van der Waals surface area contributed by atoms with Crippen LogP contribution in [0.3, 0.4) is 0 Å².